The number of rotatable bonds is 7. The molecule has 9 nitrogen and oxygen atoms in total. The number of nitrogens with one attached hydrogen (secondary N) is 2. The zero-order chi connectivity index (χ0) is 24.1. The molecule has 0 spiro atoms. The van der Waals surface area contributed by atoms with Crippen molar-refractivity contribution in [2.75, 3.05) is 13.1 Å². The van der Waals surface area contributed by atoms with Crippen molar-refractivity contribution in [1.82, 2.24) is 15.5 Å². The first-order chi connectivity index (χ1) is 14.9. The molecule has 182 valence electrons. The molecule has 1 aliphatic carbocycles. The highest BCUT2D eigenvalue weighted by molar-refractivity contribution is 5.86. The van der Waals surface area contributed by atoms with E-state index in [-0.39, 0.29) is 29.6 Å². The first-order valence-corrected chi connectivity index (χ1v) is 11.7. The van der Waals surface area contributed by atoms with Gasteiger partial charge in [-0.2, -0.15) is 0 Å². The lowest BCUT2D eigenvalue weighted by Crippen LogP contribution is -2.51. The summed E-state index contributed by atoms with van der Waals surface area (Å²) in [5, 5.41) is 14.9. The fraction of sp³-hybridized carbons (Fsp3) is 0.826. The molecular formula is C23H39N3O6. The number of hydrogen-bond acceptors (Lipinski definition) is 5. The number of hydrogen-bond donors (Lipinski definition) is 3. The summed E-state index contributed by atoms with van der Waals surface area (Å²) >= 11 is 0. The van der Waals surface area contributed by atoms with Crippen LogP contribution in [0.5, 0.6) is 0 Å². The quantitative estimate of drug-likeness (QED) is 0.544. The Balaban J connectivity index is 1.80. The number of carboxylic acids is 1. The van der Waals surface area contributed by atoms with Gasteiger partial charge in [-0.3, -0.25) is 9.59 Å². The lowest BCUT2D eigenvalue weighted by atomic mass is 9.81. The van der Waals surface area contributed by atoms with Gasteiger partial charge in [-0.15, -0.1) is 0 Å². The Morgan fingerprint density at radius 1 is 1.06 bits per heavy atom. The second kappa shape index (κ2) is 11.0. The highest BCUT2D eigenvalue weighted by Crippen LogP contribution is 2.32. The Morgan fingerprint density at radius 2 is 1.69 bits per heavy atom. The monoisotopic (exact) mass is 453 g/mol. The standard InChI is InChI=1S/C23H39N3O6/c1-14(2)18(25-22(31)32-23(3,4)5)19(27)24-13-15-8-10-16(11-9-15)20(28)26-12-6-7-17(26)21(29)30/h14-18H,6-13H2,1-5H3,(H,24,27)(H,25,31)(H,29,30)/t15?,16?,17-,18+/m0/s1. The largest absolute Gasteiger partial charge is 0.480 e. The highest BCUT2D eigenvalue weighted by Gasteiger charge is 2.38. The maximum atomic E-state index is 12.8. The molecule has 0 aromatic rings. The summed E-state index contributed by atoms with van der Waals surface area (Å²) < 4.78 is 5.26. The van der Waals surface area contributed by atoms with Gasteiger partial charge in [-0.1, -0.05) is 13.8 Å². The van der Waals surface area contributed by atoms with Crippen LogP contribution in [0.4, 0.5) is 4.79 Å². The van der Waals surface area contributed by atoms with Gasteiger partial charge in [0.15, 0.2) is 0 Å². The van der Waals surface area contributed by atoms with Crippen molar-refractivity contribution in [2.24, 2.45) is 17.8 Å². The van der Waals surface area contributed by atoms with Gasteiger partial charge in [0, 0.05) is 19.0 Å². The number of likely N-dealkylation sites (tertiary alicyclic amines) is 1. The van der Waals surface area contributed by atoms with Crippen molar-refractivity contribution in [2.45, 2.75) is 90.8 Å². The second-order valence-electron chi connectivity index (χ2n) is 10.4. The smallest absolute Gasteiger partial charge is 0.408 e. The molecule has 0 aromatic carbocycles. The SMILES string of the molecule is CC(C)[C@@H](NC(=O)OC(C)(C)C)C(=O)NCC1CCC(C(=O)N2CCC[C@H]2C(=O)O)CC1. The zero-order valence-electron chi connectivity index (χ0n) is 20.0. The van der Waals surface area contributed by atoms with Gasteiger partial charge in [0.25, 0.3) is 0 Å². The predicted molar refractivity (Wildman–Crippen MR) is 119 cm³/mol. The van der Waals surface area contributed by atoms with Crippen molar-refractivity contribution in [3.05, 3.63) is 0 Å². The molecule has 0 aromatic heterocycles. The summed E-state index contributed by atoms with van der Waals surface area (Å²) in [7, 11) is 0. The number of alkyl carbamates (subject to hydrolysis) is 1. The Morgan fingerprint density at radius 3 is 2.22 bits per heavy atom. The minimum absolute atomic E-state index is 0.0428. The molecular weight excluding hydrogens is 414 g/mol. The number of carbonyl (C=O) groups excluding carboxylic acids is 3. The highest BCUT2D eigenvalue weighted by atomic mass is 16.6. The molecule has 0 radical (unpaired) electrons. The van der Waals surface area contributed by atoms with Crippen LogP contribution >= 0.6 is 0 Å². The second-order valence-corrected chi connectivity index (χ2v) is 10.4. The van der Waals surface area contributed by atoms with E-state index in [1.807, 2.05) is 13.8 Å². The molecule has 2 aliphatic rings. The van der Waals surface area contributed by atoms with Crippen LogP contribution in [0, 0.1) is 17.8 Å². The van der Waals surface area contributed by atoms with Crippen molar-refractivity contribution in [3.63, 3.8) is 0 Å². The molecule has 32 heavy (non-hydrogen) atoms. The molecule has 9 heteroatoms. The predicted octanol–water partition coefficient (Wildman–Crippen LogP) is 2.53. The van der Waals surface area contributed by atoms with Crippen molar-refractivity contribution in [3.8, 4) is 0 Å². The first-order valence-electron chi connectivity index (χ1n) is 11.7. The van der Waals surface area contributed by atoms with Crippen LogP contribution in [0.1, 0.15) is 73.1 Å². The number of amides is 3. The Bertz CT molecular complexity index is 694. The summed E-state index contributed by atoms with van der Waals surface area (Å²) in [4.78, 5) is 50.4. The van der Waals surface area contributed by atoms with Crippen LogP contribution < -0.4 is 10.6 Å². The number of ether oxygens (including phenoxy) is 1. The average Bonchev–Trinajstić information content (AvgIpc) is 3.19. The number of carboxylic acid groups (broad SMARTS) is 1. The third-order valence-electron chi connectivity index (χ3n) is 6.20. The number of carbonyl (C=O) groups is 4. The molecule has 1 heterocycles. The van der Waals surface area contributed by atoms with Crippen LogP contribution in [0.3, 0.4) is 0 Å². The molecule has 2 rings (SSSR count). The van der Waals surface area contributed by atoms with E-state index in [1.165, 1.54) is 4.90 Å². The lowest BCUT2D eigenvalue weighted by Gasteiger charge is -2.32. The van der Waals surface area contributed by atoms with Crippen molar-refractivity contribution >= 4 is 23.9 Å². The maximum Gasteiger partial charge on any atom is 0.408 e. The van der Waals surface area contributed by atoms with Gasteiger partial charge in [-0.25, -0.2) is 9.59 Å². The molecule has 1 saturated heterocycles. The molecule has 3 amide bonds. The normalized spacial score (nSPS) is 24.7. The van der Waals surface area contributed by atoms with Crippen molar-refractivity contribution < 1.29 is 29.0 Å². The lowest BCUT2D eigenvalue weighted by molar-refractivity contribution is -0.150. The average molecular weight is 454 g/mol. The van der Waals surface area contributed by atoms with Gasteiger partial charge in [0.2, 0.25) is 11.8 Å². The van der Waals surface area contributed by atoms with Crippen LogP contribution in [0.25, 0.3) is 0 Å². The number of aliphatic carboxylic acids is 1. The zero-order valence-corrected chi connectivity index (χ0v) is 20.0. The molecule has 2 atom stereocenters. The van der Waals surface area contributed by atoms with E-state index in [4.69, 9.17) is 4.74 Å². The van der Waals surface area contributed by atoms with Gasteiger partial charge in [0.05, 0.1) is 0 Å². The summed E-state index contributed by atoms with van der Waals surface area (Å²) in [6.45, 7) is 10.0. The van der Waals surface area contributed by atoms with E-state index in [2.05, 4.69) is 10.6 Å². The van der Waals surface area contributed by atoms with E-state index in [0.29, 0.717) is 32.4 Å². The summed E-state index contributed by atoms with van der Waals surface area (Å²) in [5.41, 5.74) is -0.641. The number of nitrogens with zero attached hydrogens (tertiary/aromatic N) is 1. The molecule has 3 N–H and O–H groups in total. The van der Waals surface area contributed by atoms with Gasteiger partial charge < -0.3 is 25.4 Å². The third-order valence-corrected chi connectivity index (χ3v) is 6.20. The van der Waals surface area contributed by atoms with E-state index < -0.39 is 29.7 Å². The molecule has 1 aliphatic heterocycles. The maximum absolute atomic E-state index is 12.8. The minimum Gasteiger partial charge on any atom is -0.480 e. The van der Waals surface area contributed by atoms with Crippen LogP contribution in [0.2, 0.25) is 0 Å². The topological polar surface area (TPSA) is 125 Å². The van der Waals surface area contributed by atoms with Crippen molar-refractivity contribution in [1.29, 1.82) is 0 Å². The van der Waals surface area contributed by atoms with E-state index in [0.717, 1.165) is 19.3 Å². The van der Waals surface area contributed by atoms with E-state index in [1.54, 1.807) is 20.8 Å². The summed E-state index contributed by atoms with van der Waals surface area (Å²) in [5.74, 6) is -1.19. The van der Waals surface area contributed by atoms with Crippen LogP contribution in [-0.4, -0.2) is 64.7 Å². The Hall–Kier alpha value is -2.32. The molecule has 0 unspecified atom stereocenters. The minimum atomic E-state index is -0.924. The van der Waals surface area contributed by atoms with Crippen LogP contribution in [0.15, 0.2) is 0 Å². The third kappa shape index (κ3) is 7.38. The Labute approximate surface area is 190 Å². The Kier molecular flexibility index (Phi) is 8.92. The summed E-state index contributed by atoms with van der Waals surface area (Å²) in [6, 6.07) is -1.38. The van der Waals surface area contributed by atoms with Gasteiger partial charge in [0.1, 0.15) is 17.7 Å². The molecule has 0 bridgehead atoms. The fourth-order valence-corrected chi connectivity index (χ4v) is 4.46. The van der Waals surface area contributed by atoms with E-state index >= 15 is 0 Å². The van der Waals surface area contributed by atoms with Gasteiger partial charge in [-0.05, 0) is 71.1 Å². The molecule has 2 fully saturated rings. The van der Waals surface area contributed by atoms with Gasteiger partial charge >= 0.3 is 12.1 Å². The fourth-order valence-electron chi connectivity index (χ4n) is 4.46. The first kappa shape index (κ1) is 25.9. The molecule has 1 saturated carbocycles. The van der Waals surface area contributed by atoms with Crippen LogP contribution in [-0.2, 0) is 19.1 Å². The van der Waals surface area contributed by atoms with E-state index in [9.17, 15) is 24.3 Å². The summed E-state index contributed by atoms with van der Waals surface area (Å²) in [6.07, 6.45) is 3.64.